The van der Waals surface area contributed by atoms with Gasteiger partial charge in [-0.1, -0.05) is 36.4 Å². The van der Waals surface area contributed by atoms with Gasteiger partial charge in [-0.25, -0.2) is 0 Å². The zero-order valence-electron chi connectivity index (χ0n) is 9.81. The van der Waals surface area contributed by atoms with Crippen LogP contribution in [0.1, 0.15) is 17.2 Å². The first-order valence-electron chi connectivity index (χ1n) is 5.86. The molecule has 2 nitrogen and oxygen atoms in total. The van der Waals surface area contributed by atoms with Crippen LogP contribution in [0, 0.1) is 0 Å². The second-order valence-corrected chi connectivity index (χ2v) is 4.30. The van der Waals surface area contributed by atoms with Crippen molar-refractivity contribution in [3.8, 4) is 5.75 Å². The van der Waals surface area contributed by atoms with E-state index in [4.69, 9.17) is 4.74 Å². The molecule has 1 N–H and O–H groups in total. The Kier molecular flexibility index (Phi) is 2.48. The molecule has 2 heteroatoms. The number of hydrogen-bond acceptors (Lipinski definition) is 2. The van der Waals surface area contributed by atoms with Crippen LogP contribution in [0.4, 0.5) is 5.69 Å². The van der Waals surface area contributed by atoms with Crippen molar-refractivity contribution in [2.45, 2.75) is 12.5 Å². The maximum Gasteiger partial charge on any atom is 0.124 e. The molecule has 0 amide bonds. The molecule has 0 aliphatic carbocycles. The minimum atomic E-state index is 0.323. The first kappa shape index (κ1) is 10.2. The molecule has 0 bridgehead atoms. The highest BCUT2D eigenvalue weighted by Gasteiger charge is 2.23. The van der Waals surface area contributed by atoms with Crippen LogP contribution in [0.25, 0.3) is 0 Å². The highest BCUT2D eigenvalue weighted by atomic mass is 16.5. The SMILES string of the molecule is COc1ccccc1C1Cc2ccccc2N1. The zero-order chi connectivity index (χ0) is 11.7. The summed E-state index contributed by atoms with van der Waals surface area (Å²) >= 11 is 0. The van der Waals surface area contributed by atoms with Gasteiger partial charge in [0.05, 0.1) is 13.2 Å². The Balaban J connectivity index is 1.94. The molecule has 0 aromatic heterocycles. The normalized spacial score (nSPS) is 17.4. The summed E-state index contributed by atoms with van der Waals surface area (Å²) in [5.74, 6) is 0.956. The van der Waals surface area contributed by atoms with Crippen LogP contribution in [0.2, 0.25) is 0 Å². The fraction of sp³-hybridized carbons (Fsp3) is 0.200. The highest BCUT2D eigenvalue weighted by Crippen LogP contribution is 2.37. The topological polar surface area (TPSA) is 21.3 Å². The molecule has 17 heavy (non-hydrogen) atoms. The molecule has 1 heterocycles. The van der Waals surface area contributed by atoms with E-state index in [1.807, 2.05) is 12.1 Å². The molecule has 0 spiro atoms. The summed E-state index contributed by atoms with van der Waals surface area (Å²) in [5, 5.41) is 3.55. The van der Waals surface area contributed by atoms with Crippen LogP contribution in [0.5, 0.6) is 5.75 Å². The molecular weight excluding hydrogens is 210 g/mol. The van der Waals surface area contributed by atoms with E-state index < -0.39 is 0 Å². The lowest BCUT2D eigenvalue weighted by molar-refractivity contribution is 0.407. The lowest BCUT2D eigenvalue weighted by Gasteiger charge is -2.15. The van der Waals surface area contributed by atoms with Crippen molar-refractivity contribution in [1.82, 2.24) is 0 Å². The third-order valence-electron chi connectivity index (χ3n) is 3.29. The summed E-state index contributed by atoms with van der Waals surface area (Å²) < 4.78 is 5.42. The Morgan fingerprint density at radius 2 is 1.82 bits per heavy atom. The van der Waals surface area contributed by atoms with Crippen molar-refractivity contribution in [3.05, 3.63) is 59.7 Å². The second kappa shape index (κ2) is 4.13. The molecule has 2 aromatic carbocycles. The largest absolute Gasteiger partial charge is 0.496 e. The molecule has 2 aromatic rings. The van der Waals surface area contributed by atoms with E-state index in [0.717, 1.165) is 12.2 Å². The molecule has 86 valence electrons. The predicted molar refractivity (Wildman–Crippen MR) is 69.5 cm³/mol. The third-order valence-corrected chi connectivity index (χ3v) is 3.29. The van der Waals surface area contributed by atoms with E-state index >= 15 is 0 Å². The predicted octanol–water partition coefficient (Wildman–Crippen LogP) is 3.40. The van der Waals surface area contributed by atoms with Gasteiger partial charge in [-0.2, -0.15) is 0 Å². The quantitative estimate of drug-likeness (QED) is 0.845. The van der Waals surface area contributed by atoms with Crippen molar-refractivity contribution in [2.75, 3.05) is 12.4 Å². The minimum absolute atomic E-state index is 0.323. The van der Waals surface area contributed by atoms with Crippen molar-refractivity contribution in [1.29, 1.82) is 0 Å². The average molecular weight is 225 g/mol. The van der Waals surface area contributed by atoms with Crippen molar-refractivity contribution >= 4 is 5.69 Å². The summed E-state index contributed by atoms with van der Waals surface area (Å²) in [6.07, 6.45) is 1.02. The Bertz CT molecular complexity index is 511. The molecule has 0 fully saturated rings. The number of para-hydroxylation sites is 2. The molecule has 1 aliphatic heterocycles. The standard InChI is InChI=1S/C15H15NO/c1-17-15-9-5-3-7-12(15)14-10-11-6-2-4-8-13(11)16-14/h2-9,14,16H,10H2,1H3. The molecule has 1 aliphatic rings. The van der Waals surface area contributed by atoms with Gasteiger partial charge in [-0.15, -0.1) is 0 Å². The maximum atomic E-state index is 5.42. The van der Waals surface area contributed by atoms with E-state index in [2.05, 4.69) is 41.7 Å². The van der Waals surface area contributed by atoms with Gasteiger partial charge in [0.15, 0.2) is 0 Å². The molecule has 0 saturated heterocycles. The number of rotatable bonds is 2. The van der Waals surface area contributed by atoms with E-state index in [-0.39, 0.29) is 0 Å². The number of nitrogens with one attached hydrogen (secondary N) is 1. The van der Waals surface area contributed by atoms with Crippen LogP contribution < -0.4 is 10.1 Å². The summed E-state index contributed by atoms with van der Waals surface area (Å²) in [7, 11) is 1.72. The number of benzene rings is 2. The molecular formula is C15H15NO. The minimum Gasteiger partial charge on any atom is -0.496 e. The Morgan fingerprint density at radius 1 is 1.06 bits per heavy atom. The average Bonchev–Trinajstić information content (AvgIpc) is 2.82. The van der Waals surface area contributed by atoms with Crippen LogP contribution in [-0.4, -0.2) is 7.11 Å². The fourth-order valence-electron chi connectivity index (χ4n) is 2.44. The van der Waals surface area contributed by atoms with Crippen molar-refractivity contribution in [2.24, 2.45) is 0 Å². The number of ether oxygens (including phenoxy) is 1. The molecule has 1 atom stereocenters. The van der Waals surface area contributed by atoms with Crippen LogP contribution in [0.3, 0.4) is 0 Å². The van der Waals surface area contributed by atoms with Crippen molar-refractivity contribution in [3.63, 3.8) is 0 Å². The van der Waals surface area contributed by atoms with E-state index in [0.29, 0.717) is 6.04 Å². The summed E-state index contributed by atoms with van der Waals surface area (Å²) in [5.41, 5.74) is 3.85. The van der Waals surface area contributed by atoms with Gasteiger partial charge < -0.3 is 10.1 Å². The first-order valence-corrected chi connectivity index (χ1v) is 5.86. The van der Waals surface area contributed by atoms with Crippen molar-refractivity contribution < 1.29 is 4.74 Å². The summed E-state index contributed by atoms with van der Waals surface area (Å²) in [6, 6.07) is 17.0. The Hall–Kier alpha value is -1.96. The van der Waals surface area contributed by atoms with Gasteiger partial charge in [0.2, 0.25) is 0 Å². The van der Waals surface area contributed by atoms with Gasteiger partial charge >= 0.3 is 0 Å². The maximum absolute atomic E-state index is 5.42. The van der Waals surface area contributed by atoms with E-state index in [1.54, 1.807) is 7.11 Å². The number of fused-ring (bicyclic) bond motifs is 1. The number of hydrogen-bond donors (Lipinski definition) is 1. The Morgan fingerprint density at radius 3 is 2.65 bits per heavy atom. The van der Waals surface area contributed by atoms with Gasteiger partial charge in [-0.3, -0.25) is 0 Å². The van der Waals surface area contributed by atoms with Crippen LogP contribution >= 0.6 is 0 Å². The lowest BCUT2D eigenvalue weighted by Crippen LogP contribution is -2.07. The molecule has 1 unspecified atom stereocenters. The first-order chi connectivity index (χ1) is 8.38. The van der Waals surface area contributed by atoms with Gasteiger partial charge in [0.1, 0.15) is 5.75 Å². The number of anilines is 1. The number of methoxy groups -OCH3 is 1. The Labute approximate surface area is 101 Å². The summed E-state index contributed by atoms with van der Waals surface area (Å²) in [4.78, 5) is 0. The van der Waals surface area contributed by atoms with Gasteiger partial charge in [0.25, 0.3) is 0 Å². The molecule has 0 radical (unpaired) electrons. The van der Waals surface area contributed by atoms with Gasteiger partial charge in [-0.05, 0) is 24.1 Å². The van der Waals surface area contributed by atoms with Crippen LogP contribution in [-0.2, 0) is 6.42 Å². The van der Waals surface area contributed by atoms with E-state index in [1.165, 1.54) is 16.8 Å². The monoisotopic (exact) mass is 225 g/mol. The second-order valence-electron chi connectivity index (χ2n) is 4.30. The van der Waals surface area contributed by atoms with E-state index in [9.17, 15) is 0 Å². The fourth-order valence-corrected chi connectivity index (χ4v) is 2.44. The zero-order valence-corrected chi connectivity index (χ0v) is 9.81. The molecule has 0 saturated carbocycles. The van der Waals surface area contributed by atoms with Gasteiger partial charge in [0, 0.05) is 11.3 Å². The van der Waals surface area contributed by atoms with Crippen LogP contribution in [0.15, 0.2) is 48.5 Å². The third kappa shape index (κ3) is 1.76. The lowest BCUT2D eigenvalue weighted by atomic mass is 10.0. The highest BCUT2D eigenvalue weighted by molar-refractivity contribution is 5.59. The smallest absolute Gasteiger partial charge is 0.124 e. The molecule has 3 rings (SSSR count). The summed E-state index contributed by atoms with van der Waals surface area (Å²) in [6.45, 7) is 0.